The topological polar surface area (TPSA) is 52.0 Å². The highest BCUT2D eigenvalue weighted by atomic mass is 14.8. The van der Waals surface area contributed by atoms with Crippen LogP contribution in [0, 0.1) is 11.3 Å². The molecule has 0 aliphatic carbocycles. The van der Waals surface area contributed by atoms with Gasteiger partial charge in [-0.1, -0.05) is 81.4 Å². The highest BCUT2D eigenvalue weighted by Gasteiger charge is 2.42. The van der Waals surface area contributed by atoms with Crippen LogP contribution < -0.4 is 11.5 Å². The Kier molecular flexibility index (Phi) is 6.80. The van der Waals surface area contributed by atoms with Gasteiger partial charge in [0.2, 0.25) is 0 Å². The molecule has 2 nitrogen and oxygen atoms in total. The van der Waals surface area contributed by atoms with Crippen molar-refractivity contribution < 1.29 is 0 Å². The molecule has 0 fully saturated rings. The van der Waals surface area contributed by atoms with Crippen LogP contribution in [0.5, 0.6) is 0 Å². The van der Waals surface area contributed by atoms with Crippen LogP contribution in [-0.2, 0) is 12.8 Å². The Bertz CT molecular complexity index is 578. The van der Waals surface area contributed by atoms with Crippen molar-refractivity contribution in [2.75, 3.05) is 6.54 Å². The first-order valence-corrected chi connectivity index (χ1v) is 9.43. The van der Waals surface area contributed by atoms with Gasteiger partial charge < -0.3 is 11.5 Å². The van der Waals surface area contributed by atoms with E-state index in [1.165, 1.54) is 11.1 Å². The van der Waals surface area contributed by atoms with Gasteiger partial charge in [-0.3, -0.25) is 0 Å². The fourth-order valence-electron chi connectivity index (χ4n) is 3.92. The maximum atomic E-state index is 7.15. The van der Waals surface area contributed by atoms with E-state index in [0.717, 1.165) is 32.2 Å². The predicted octanol–water partition coefficient (Wildman–Crippen LogP) is 4.57. The molecule has 25 heavy (non-hydrogen) atoms. The quantitative estimate of drug-likeness (QED) is 0.703. The molecule has 1 atom stereocenters. The van der Waals surface area contributed by atoms with Crippen LogP contribution in [0.15, 0.2) is 60.7 Å². The molecule has 2 aromatic rings. The van der Waals surface area contributed by atoms with E-state index in [1.807, 2.05) is 0 Å². The monoisotopic (exact) mass is 338 g/mol. The van der Waals surface area contributed by atoms with E-state index in [-0.39, 0.29) is 11.0 Å². The van der Waals surface area contributed by atoms with E-state index in [4.69, 9.17) is 11.5 Å². The molecular weight excluding hydrogens is 304 g/mol. The normalized spacial score (nSPS) is 13.6. The van der Waals surface area contributed by atoms with E-state index in [9.17, 15) is 0 Å². The molecular formula is C23H34N2. The van der Waals surface area contributed by atoms with Crippen LogP contribution in [-0.4, -0.2) is 12.1 Å². The summed E-state index contributed by atoms with van der Waals surface area (Å²) >= 11 is 0. The second kappa shape index (κ2) is 8.64. The van der Waals surface area contributed by atoms with Gasteiger partial charge in [0.1, 0.15) is 0 Å². The number of benzene rings is 2. The molecule has 0 saturated carbocycles. The van der Waals surface area contributed by atoms with Crippen molar-refractivity contribution in [2.24, 2.45) is 22.8 Å². The summed E-state index contributed by atoms with van der Waals surface area (Å²) in [5.41, 5.74) is 15.2. The van der Waals surface area contributed by atoms with Gasteiger partial charge in [0.15, 0.2) is 0 Å². The van der Waals surface area contributed by atoms with Gasteiger partial charge in [-0.2, -0.15) is 0 Å². The van der Waals surface area contributed by atoms with E-state index in [2.05, 4.69) is 81.4 Å². The van der Waals surface area contributed by atoms with Gasteiger partial charge in [0, 0.05) is 5.54 Å². The molecule has 0 saturated heterocycles. The zero-order chi connectivity index (χ0) is 18.3. The molecule has 0 spiro atoms. The van der Waals surface area contributed by atoms with Gasteiger partial charge in [-0.05, 0) is 54.7 Å². The first kappa shape index (κ1) is 19.7. The smallest absolute Gasteiger partial charge is 0.0287 e. The Labute approximate surface area is 153 Å². The van der Waals surface area contributed by atoms with E-state index in [1.54, 1.807) is 0 Å². The van der Waals surface area contributed by atoms with Crippen LogP contribution >= 0.6 is 0 Å². The SMILES string of the molecule is CC(CCN)CC(C)(C)C(N)(Cc1ccccc1)Cc1ccccc1. The molecule has 0 heterocycles. The number of hydrogen-bond acceptors (Lipinski definition) is 2. The van der Waals surface area contributed by atoms with Crippen LogP contribution in [0.2, 0.25) is 0 Å². The molecule has 1 unspecified atom stereocenters. The van der Waals surface area contributed by atoms with Crippen LogP contribution in [0.25, 0.3) is 0 Å². The number of rotatable bonds is 9. The molecule has 2 aromatic carbocycles. The summed E-state index contributed by atoms with van der Waals surface area (Å²) in [7, 11) is 0. The van der Waals surface area contributed by atoms with Gasteiger partial charge in [-0.15, -0.1) is 0 Å². The molecule has 0 radical (unpaired) electrons. The van der Waals surface area contributed by atoms with Crippen molar-refractivity contribution in [3.8, 4) is 0 Å². The second-order valence-corrected chi connectivity index (χ2v) is 8.25. The molecule has 0 amide bonds. The average Bonchev–Trinajstić information content (AvgIpc) is 2.56. The summed E-state index contributed by atoms with van der Waals surface area (Å²) in [6.45, 7) is 7.68. The zero-order valence-electron chi connectivity index (χ0n) is 16.0. The van der Waals surface area contributed by atoms with Gasteiger partial charge >= 0.3 is 0 Å². The van der Waals surface area contributed by atoms with Gasteiger partial charge in [-0.25, -0.2) is 0 Å². The standard InChI is InChI=1S/C23H34N2/c1-19(14-15-24)16-22(2,3)23(25,17-20-10-6-4-7-11-20)18-21-12-8-5-9-13-21/h4-13,19H,14-18,24-25H2,1-3H3. The second-order valence-electron chi connectivity index (χ2n) is 8.25. The first-order valence-electron chi connectivity index (χ1n) is 9.43. The minimum absolute atomic E-state index is 0.00721. The van der Waals surface area contributed by atoms with Crippen molar-refractivity contribution >= 4 is 0 Å². The molecule has 0 aromatic heterocycles. The fraction of sp³-hybridized carbons (Fsp3) is 0.478. The lowest BCUT2D eigenvalue weighted by atomic mass is 9.63. The van der Waals surface area contributed by atoms with Crippen molar-refractivity contribution in [2.45, 2.75) is 52.0 Å². The summed E-state index contributed by atoms with van der Waals surface area (Å²) in [6, 6.07) is 21.3. The summed E-state index contributed by atoms with van der Waals surface area (Å²) in [5.74, 6) is 0.578. The molecule has 0 bridgehead atoms. The maximum Gasteiger partial charge on any atom is 0.0287 e. The molecule has 4 N–H and O–H groups in total. The number of hydrogen-bond donors (Lipinski definition) is 2. The minimum atomic E-state index is -0.307. The van der Waals surface area contributed by atoms with Crippen LogP contribution in [0.4, 0.5) is 0 Å². The Balaban J connectivity index is 2.29. The molecule has 2 heteroatoms. The lowest BCUT2D eigenvalue weighted by molar-refractivity contribution is 0.123. The Morgan fingerprint density at radius 3 is 1.68 bits per heavy atom. The van der Waals surface area contributed by atoms with Gasteiger partial charge in [0.25, 0.3) is 0 Å². The summed E-state index contributed by atoms with van der Waals surface area (Å²) < 4.78 is 0. The van der Waals surface area contributed by atoms with Crippen LogP contribution in [0.3, 0.4) is 0 Å². The molecule has 0 aliphatic heterocycles. The highest BCUT2D eigenvalue weighted by molar-refractivity contribution is 5.24. The summed E-state index contributed by atoms with van der Waals surface area (Å²) in [6.07, 6.45) is 3.90. The molecule has 0 aliphatic rings. The number of nitrogens with two attached hydrogens (primary N) is 2. The third-order valence-corrected chi connectivity index (χ3v) is 5.59. The fourth-order valence-corrected chi connectivity index (χ4v) is 3.92. The van der Waals surface area contributed by atoms with Crippen molar-refractivity contribution in [1.82, 2.24) is 0 Å². The maximum absolute atomic E-state index is 7.15. The lowest BCUT2D eigenvalue weighted by Gasteiger charge is -2.46. The summed E-state index contributed by atoms with van der Waals surface area (Å²) in [4.78, 5) is 0. The third-order valence-electron chi connectivity index (χ3n) is 5.59. The average molecular weight is 339 g/mol. The van der Waals surface area contributed by atoms with E-state index < -0.39 is 0 Å². The zero-order valence-corrected chi connectivity index (χ0v) is 16.0. The molecule has 136 valence electrons. The molecule has 2 rings (SSSR count). The van der Waals surface area contributed by atoms with E-state index in [0.29, 0.717) is 5.92 Å². The third kappa shape index (κ3) is 5.42. The van der Waals surface area contributed by atoms with Crippen LogP contribution in [0.1, 0.15) is 44.7 Å². The Hall–Kier alpha value is -1.64. The van der Waals surface area contributed by atoms with Crippen molar-refractivity contribution in [3.63, 3.8) is 0 Å². The largest absolute Gasteiger partial charge is 0.330 e. The highest BCUT2D eigenvalue weighted by Crippen LogP contribution is 2.40. The predicted molar refractivity (Wildman–Crippen MR) is 108 cm³/mol. The minimum Gasteiger partial charge on any atom is -0.330 e. The first-order chi connectivity index (χ1) is 11.9. The summed E-state index contributed by atoms with van der Waals surface area (Å²) in [5, 5.41) is 0. The van der Waals surface area contributed by atoms with Crippen molar-refractivity contribution in [1.29, 1.82) is 0 Å². The Morgan fingerprint density at radius 1 is 0.840 bits per heavy atom. The van der Waals surface area contributed by atoms with Crippen molar-refractivity contribution in [3.05, 3.63) is 71.8 Å². The lowest BCUT2D eigenvalue weighted by Crippen LogP contribution is -2.56. The van der Waals surface area contributed by atoms with E-state index >= 15 is 0 Å². The van der Waals surface area contributed by atoms with Gasteiger partial charge in [0.05, 0.1) is 0 Å². The Morgan fingerprint density at radius 2 is 1.28 bits per heavy atom.